The maximum Gasteiger partial charge on any atom is 0.306 e. The first-order valence-electron chi connectivity index (χ1n) is 10.0. The van der Waals surface area contributed by atoms with Crippen LogP contribution in [0.2, 0.25) is 0 Å². The highest BCUT2D eigenvalue weighted by atomic mass is 16.5. The molecule has 2 aliphatic heterocycles. The van der Waals surface area contributed by atoms with Crippen molar-refractivity contribution in [2.24, 2.45) is 0 Å². The van der Waals surface area contributed by atoms with Crippen molar-refractivity contribution in [1.29, 1.82) is 0 Å². The minimum atomic E-state index is -0.428. The molecule has 0 bridgehead atoms. The number of pyridine rings is 1. The smallest absolute Gasteiger partial charge is 0.306 e. The van der Waals surface area contributed by atoms with Crippen molar-refractivity contribution in [1.82, 2.24) is 4.98 Å². The van der Waals surface area contributed by atoms with E-state index in [-0.39, 0.29) is 23.9 Å². The number of aromatic nitrogens is 1. The highest BCUT2D eigenvalue weighted by Gasteiger charge is 2.39. The second-order valence-corrected chi connectivity index (χ2v) is 7.37. The molecule has 5 rings (SSSR count). The van der Waals surface area contributed by atoms with Crippen LogP contribution in [0.25, 0.3) is 6.08 Å². The van der Waals surface area contributed by atoms with Gasteiger partial charge < -0.3 is 18.9 Å². The first-order valence-corrected chi connectivity index (χ1v) is 10.0. The number of fused-ring (bicyclic) bond motifs is 4. The molecule has 0 amide bonds. The molecule has 2 aromatic carbocycles. The monoisotopic (exact) mass is 429 g/mol. The number of allylic oxidation sites excluding steroid dienone is 1. The number of ketones is 1. The molecule has 160 valence electrons. The van der Waals surface area contributed by atoms with Crippen molar-refractivity contribution >= 4 is 17.8 Å². The Labute approximate surface area is 184 Å². The van der Waals surface area contributed by atoms with Gasteiger partial charge in [-0.05, 0) is 30.3 Å². The molecular formula is C25H19NO6. The molecule has 2 aliphatic rings. The van der Waals surface area contributed by atoms with Crippen molar-refractivity contribution in [3.05, 3.63) is 82.7 Å². The molecule has 0 saturated heterocycles. The highest BCUT2D eigenvalue weighted by molar-refractivity contribution is 6.15. The molecule has 7 heteroatoms. The fourth-order valence-electron chi connectivity index (χ4n) is 4.08. The van der Waals surface area contributed by atoms with E-state index in [9.17, 15) is 9.59 Å². The van der Waals surface area contributed by atoms with Gasteiger partial charge in [0.05, 0.1) is 26.2 Å². The quantitative estimate of drug-likeness (QED) is 0.446. The first-order chi connectivity index (χ1) is 15.6. The number of benzene rings is 2. The van der Waals surface area contributed by atoms with Crippen molar-refractivity contribution < 1.29 is 28.5 Å². The van der Waals surface area contributed by atoms with E-state index in [0.717, 1.165) is 11.1 Å². The van der Waals surface area contributed by atoms with Crippen LogP contribution in [0.3, 0.4) is 0 Å². The van der Waals surface area contributed by atoms with E-state index in [2.05, 4.69) is 4.98 Å². The second kappa shape index (κ2) is 7.85. The molecule has 0 radical (unpaired) electrons. The van der Waals surface area contributed by atoms with Crippen LogP contribution in [0, 0.1) is 0 Å². The summed E-state index contributed by atoms with van der Waals surface area (Å²) < 4.78 is 22.4. The van der Waals surface area contributed by atoms with Crippen LogP contribution in [0.15, 0.2) is 60.5 Å². The topological polar surface area (TPSA) is 84.0 Å². The van der Waals surface area contributed by atoms with Crippen molar-refractivity contribution in [3.63, 3.8) is 0 Å². The largest absolute Gasteiger partial charge is 0.496 e. The number of ether oxygens (including phenoxy) is 4. The SMILES string of the molecule is COC(=O)CC1c2cccnc2Oc2ccc3c(c21)OC(=Cc1ccccc1OC)C3=O. The Hall–Kier alpha value is -4.13. The average molecular weight is 429 g/mol. The number of para-hydroxylation sites is 1. The number of hydrogen-bond donors (Lipinski definition) is 0. The third-order valence-corrected chi connectivity index (χ3v) is 5.59. The lowest BCUT2D eigenvalue weighted by Gasteiger charge is -2.27. The Morgan fingerprint density at radius 2 is 1.94 bits per heavy atom. The number of hydrogen-bond acceptors (Lipinski definition) is 7. The molecule has 3 heterocycles. The zero-order chi connectivity index (χ0) is 22.2. The summed E-state index contributed by atoms with van der Waals surface area (Å²) in [5.74, 6) is 1.04. The summed E-state index contributed by atoms with van der Waals surface area (Å²) in [7, 11) is 2.91. The predicted octanol–water partition coefficient (Wildman–Crippen LogP) is 4.51. The van der Waals surface area contributed by atoms with Gasteiger partial charge in [-0.1, -0.05) is 24.3 Å². The van der Waals surface area contributed by atoms with Crippen LogP contribution in [0.1, 0.15) is 39.4 Å². The molecule has 0 N–H and O–H groups in total. The molecule has 32 heavy (non-hydrogen) atoms. The number of Topliss-reactive ketones (excluding diaryl/α,β-unsaturated/α-hetero) is 1. The summed E-state index contributed by atoms with van der Waals surface area (Å²) in [4.78, 5) is 29.7. The van der Waals surface area contributed by atoms with E-state index in [0.29, 0.717) is 34.3 Å². The highest BCUT2D eigenvalue weighted by Crippen LogP contribution is 2.52. The van der Waals surface area contributed by atoms with Gasteiger partial charge in [-0.25, -0.2) is 4.98 Å². The summed E-state index contributed by atoms with van der Waals surface area (Å²) in [5.41, 5.74) is 2.50. The Kier molecular flexibility index (Phi) is 4.86. The second-order valence-electron chi connectivity index (χ2n) is 7.37. The number of carbonyl (C=O) groups excluding carboxylic acids is 2. The van der Waals surface area contributed by atoms with Gasteiger partial charge in [0.1, 0.15) is 17.2 Å². The van der Waals surface area contributed by atoms with Crippen LogP contribution >= 0.6 is 0 Å². The molecule has 0 fully saturated rings. The molecule has 0 aliphatic carbocycles. The Balaban J connectivity index is 1.62. The fourth-order valence-corrected chi connectivity index (χ4v) is 4.08. The van der Waals surface area contributed by atoms with Gasteiger partial charge in [-0.15, -0.1) is 0 Å². The number of esters is 1. The average Bonchev–Trinajstić information content (AvgIpc) is 3.14. The lowest BCUT2D eigenvalue weighted by atomic mass is 9.85. The molecular weight excluding hydrogens is 410 g/mol. The molecule has 0 saturated carbocycles. The number of carbonyl (C=O) groups is 2. The van der Waals surface area contributed by atoms with E-state index in [4.69, 9.17) is 18.9 Å². The fraction of sp³-hybridized carbons (Fsp3) is 0.160. The zero-order valence-corrected chi connectivity index (χ0v) is 17.5. The van der Waals surface area contributed by atoms with Gasteiger partial charge in [-0.2, -0.15) is 0 Å². The summed E-state index contributed by atoms with van der Waals surface area (Å²) in [6.07, 6.45) is 3.34. The molecule has 0 spiro atoms. The maximum atomic E-state index is 13.1. The standard InChI is InChI=1S/C25H19NO6/c1-29-18-8-4-3-6-14(18)12-20-23(28)16-9-10-19-22(24(16)31-20)17(13-21(27)30-2)15-7-5-11-26-25(15)32-19/h3-12,17H,13H2,1-2H3. The van der Waals surface area contributed by atoms with E-state index in [1.54, 1.807) is 37.6 Å². The number of methoxy groups -OCH3 is 2. The van der Waals surface area contributed by atoms with Gasteiger partial charge in [0, 0.05) is 28.8 Å². The third-order valence-electron chi connectivity index (χ3n) is 5.59. The Bertz CT molecular complexity index is 1280. The van der Waals surface area contributed by atoms with Gasteiger partial charge >= 0.3 is 5.97 Å². The van der Waals surface area contributed by atoms with Gasteiger partial charge in [0.2, 0.25) is 11.7 Å². The minimum Gasteiger partial charge on any atom is -0.496 e. The van der Waals surface area contributed by atoms with Crippen LogP contribution < -0.4 is 14.2 Å². The van der Waals surface area contributed by atoms with Crippen LogP contribution in [-0.4, -0.2) is 31.0 Å². The zero-order valence-electron chi connectivity index (χ0n) is 17.5. The van der Waals surface area contributed by atoms with Crippen LogP contribution in [-0.2, 0) is 9.53 Å². The van der Waals surface area contributed by atoms with E-state index >= 15 is 0 Å². The lowest BCUT2D eigenvalue weighted by molar-refractivity contribution is -0.140. The Morgan fingerprint density at radius 1 is 1.09 bits per heavy atom. The Morgan fingerprint density at radius 3 is 2.75 bits per heavy atom. The summed E-state index contributed by atoms with van der Waals surface area (Å²) in [6.45, 7) is 0. The summed E-state index contributed by atoms with van der Waals surface area (Å²) >= 11 is 0. The molecule has 3 aromatic rings. The first kappa shape index (κ1) is 19.8. The number of nitrogens with zero attached hydrogens (tertiary/aromatic N) is 1. The summed E-state index contributed by atoms with van der Waals surface area (Å²) in [5, 5.41) is 0. The van der Waals surface area contributed by atoms with Crippen LogP contribution in [0.5, 0.6) is 23.1 Å². The predicted molar refractivity (Wildman–Crippen MR) is 115 cm³/mol. The van der Waals surface area contributed by atoms with Crippen molar-refractivity contribution in [2.45, 2.75) is 12.3 Å². The molecule has 7 nitrogen and oxygen atoms in total. The van der Waals surface area contributed by atoms with Gasteiger partial charge in [0.15, 0.2) is 5.76 Å². The van der Waals surface area contributed by atoms with Gasteiger partial charge in [-0.3, -0.25) is 9.59 Å². The van der Waals surface area contributed by atoms with Crippen LogP contribution in [0.4, 0.5) is 0 Å². The minimum absolute atomic E-state index is 0.0606. The number of rotatable bonds is 4. The third kappa shape index (κ3) is 3.19. The van der Waals surface area contributed by atoms with Crippen molar-refractivity contribution in [3.8, 4) is 23.1 Å². The van der Waals surface area contributed by atoms with E-state index < -0.39 is 5.92 Å². The normalized spacial score (nSPS) is 17.0. The molecule has 1 atom stereocenters. The van der Waals surface area contributed by atoms with Crippen molar-refractivity contribution in [2.75, 3.05) is 14.2 Å². The summed E-state index contributed by atoms with van der Waals surface area (Å²) in [6, 6.07) is 14.4. The maximum absolute atomic E-state index is 13.1. The molecule has 1 unspecified atom stereocenters. The van der Waals surface area contributed by atoms with E-state index in [1.165, 1.54) is 7.11 Å². The van der Waals surface area contributed by atoms with E-state index in [1.807, 2.05) is 30.3 Å². The lowest BCUT2D eigenvalue weighted by Crippen LogP contribution is -2.16. The van der Waals surface area contributed by atoms with Gasteiger partial charge in [0.25, 0.3) is 0 Å². The molecule has 1 aromatic heterocycles.